The largest absolute Gasteiger partial charge is 0.403 e. The molecule has 7 nitrogen and oxygen atoms in total. The highest BCUT2D eigenvalue weighted by atomic mass is 19.4. The van der Waals surface area contributed by atoms with Crippen molar-refractivity contribution < 1.29 is 22.4 Å². The molecule has 1 aromatic carbocycles. The third kappa shape index (κ3) is 5.65. The van der Waals surface area contributed by atoms with Gasteiger partial charge in [0.05, 0.1) is 12.1 Å². The van der Waals surface area contributed by atoms with Crippen LogP contribution in [0.25, 0.3) is 16.5 Å². The Kier molecular flexibility index (Phi) is 6.89. The maximum atomic E-state index is 15.2. The molecule has 0 radical (unpaired) electrons. The van der Waals surface area contributed by atoms with Gasteiger partial charge >= 0.3 is 6.18 Å². The van der Waals surface area contributed by atoms with Gasteiger partial charge in [0.1, 0.15) is 5.82 Å². The molecule has 32 heavy (non-hydrogen) atoms. The fraction of sp³-hybridized carbons (Fsp3) is 0.429. The fourth-order valence-electron chi connectivity index (χ4n) is 3.66. The van der Waals surface area contributed by atoms with Crippen LogP contribution in [0.1, 0.15) is 24.8 Å². The molecule has 2 heterocycles. The number of likely N-dealkylation sites (tertiary alicyclic amines) is 1. The topological polar surface area (TPSA) is 101 Å². The van der Waals surface area contributed by atoms with E-state index in [0.29, 0.717) is 5.70 Å². The number of carbonyl (C=O) groups is 1. The molecule has 3 rings (SSSR count). The third-order valence-electron chi connectivity index (χ3n) is 5.56. The number of nitrogens with one attached hydrogen (secondary N) is 1. The van der Waals surface area contributed by atoms with Crippen molar-refractivity contribution in [3.63, 3.8) is 0 Å². The zero-order valence-electron chi connectivity index (χ0n) is 17.6. The second-order valence-electron chi connectivity index (χ2n) is 7.92. The first-order valence-corrected chi connectivity index (χ1v) is 10.1. The molecule has 0 aliphatic carbocycles. The molecule has 1 saturated heterocycles. The number of carbonyl (C=O) groups excluding carboxylic acids is 1. The number of nitrogens with two attached hydrogens (primary N) is 2. The normalized spacial score (nSPS) is 17.4. The molecule has 2 aromatic rings. The molecule has 5 N–H and O–H groups in total. The number of hydrazine groups is 1. The van der Waals surface area contributed by atoms with E-state index in [1.807, 2.05) is 18.2 Å². The molecule has 0 atom stereocenters. The van der Waals surface area contributed by atoms with E-state index in [1.165, 1.54) is 16.1 Å². The number of nitrogens with zero attached hydrogens (tertiary/aromatic N) is 3. The molecule has 0 saturated carbocycles. The van der Waals surface area contributed by atoms with Crippen LogP contribution in [0.15, 0.2) is 36.7 Å². The van der Waals surface area contributed by atoms with Gasteiger partial charge in [-0.25, -0.2) is 15.2 Å². The zero-order chi connectivity index (χ0) is 23.5. The number of pyridine rings is 1. The molecule has 0 spiro atoms. The summed E-state index contributed by atoms with van der Waals surface area (Å²) in [7, 11) is 1.65. The van der Waals surface area contributed by atoms with Gasteiger partial charge in [0.25, 0.3) is 5.91 Å². The minimum atomic E-state index is -4.26. The molecule has 1 fully saturated rings. The third-order valence-corrected chi connectivity index (χ3v) is 5.56. The summed E-state index contributed by atoms with van der Waals surface area (Å²) in [6, 6.07) is 7.08. The smallest absolute Gasteiger partial charge is 0.390 e. The van der Waals surface area contributed by atoms with Gasteiger partial charge in [0.15, 0.2) is 5.67 Å². The number of halogens is 4. The predicted octanol–water partition coefficient (Wildman–Crippen LogP) is 2.99. The number of benzene rings is 1. The molecule has 1 aromatic heterocycles. The maximum absolute atomic E-state index is 15.2. The van der Waals surface area contributed by atoms with E-state index in [0.717, 1.165) is 16.3 Å². The lowest BCUT2D eigenvalue weighted by Crippen LogP contribution is -2.49. The van der Waals surface area contributed by atoms with Crippen LogP contribution in [0.3, 0.4) is 0 Å². The molecule has 1 aliphatic heterocycles. The number of hydrogen-bond donors (Lipinski definition) is 3. The summed E-state index contributed by atoms with van der Waals surface area (Å²) >= 11 is 0. The summed E-state index contributed by atoms with van der Waals surface area (Å²) < 4.78 is 52.3. The van der Waals surface area contributed by atoms with Gasteiger partial charge in [-0.1, -0.05) is 12.1 Å². The van der Waals surface area contributed by atoms with Crippen molar-refractivity contribution in [2.45, 2.75) is 31.1 Å². The average Bonchev–Trinajstić information content (AvgIpc) is 2.73. The molecule has 1 aliphatic rings. The van der Waals surface area contributed by atoms with E-state index in [9.17, 15) is 18.0 Å². The Labute approximate surface area is 183 Å². The lowest BCUT2D eigenvalue weighted by atomic mass is 9.92. The Hall–Kier alpha value is -2.92. The first-order chi connectivity index (χ1) is 15.0. The van der Waals surface area contributed by atoms with Gasteiger partial charge in [-0.05, 0) is 17.5 Å². The van der Waals surface area contributed by atoms with Crippen LogP contribution in [-0.2, 0) is 4.79 Å². The Morgan fingerprint density at radius 2 is 1.97 bits per heavy atom. The molecular weight excluding hydrogens is 428 g/mol. The summed E-state index contributed by atoms with van der Waals surface area (Å²) in [5.41, 5.74) is 4.82. The molecule has 0 bridgehead atoms. The van der Waals surface area contributed by atoms with Crippen molar-refractivity contribution in [1.29, 1.82) is 0 Å². The van der Waals surface area contributed by atoms with Crippen LogP contribution in [0.2, 0.25) is 0 Å². The summed E-state index contributed by atoms with van der Waals surface area (Å²) in [5, 5.41) is 5.42. The van der Waals surface area contributed by atoms with Gasteiger partial charge in [-0.2, -0.15) is 13.2 Å². The number of anilines is 1. The van der Waals surface area contributed by atoms with Crippen molar-refractivity contribution in [3.05, 3.63) is 42.2 Å². The highest BCUT2D eigenvalue weighted by Gasteiger charge is 2.42. The fourth-order valence-corrected chi connectivity index (χ4v) is 3.66. The van der Waals surface area contributed by atoms with Gasteiger partial charge in [0.2, 0.25) is 0 Å². The van der Waals surface area contributed by atoms with E-state index >= 15 is 4.39 Å². The lowest BCUT2D eigenvalue weighted by Gasteiger charge is -2.35. The standard InChI is InChI=1S/C21H26F4N6O/c1-30(27)17(12-26)14-2-3-15-13-28-18(11-16(15)10-14)29-19(32)20(22)4-7-31(8-5-20)9-6-21(23,24)25/h2-3,10-13H,4-9,26-27H2,1H3,(H,28,29,32)/b17-12-. The van der Waals surface area contributed by atoms with Crippen molar-refractivity contribution >= 4 is 28.2 Å². The number of aromatic nitrogens is 1. The van der Waals surface area contributed by atoms with E-state index in [4.69, 9.17) is 11.6 Å². The second kappa shape index (κ2) is 9.29. The van der Waals surface area contributed by atoms with Crippen LogP contribution in [0, 0.1) is 0 Å². The van der Waals surface area contributed by atoms with Gasteiger partial charge in [-0.3, -0.25) is 4.79 Å². The Morgan fingerprint density at radius 3 is 2.56 bits per heavy atom. The summed E-state index contributed by atoms with van der Waals surface area (Å²) in [5.74, 6) is 5.11. The van der Waals surface area contributed by atoms with E-state index in [2.05, 4.69) is 10.3 Å². The minimum absolute atomic E-state index is 0.0787. The van der Waals surface area contributed by atoms with E-state index in [1.54, 1.807) is 19.3 Å². The SMILES string of the molecule is CN(N)/C(=C\N)c1ccc2cnc(NC(=O)C3(F)CCN(CCC(F)(F)F)CC3)cc2c1. The van der Waals surface area contributed by atoms with Gasteiger partial charge < -0.3 is 21.0 Å². The molecular formula is C21H26F4N6O. The van der Waals surface area contributed by atoms with Crippen LogP contribution < -0.4 is 16.9 Å². The quantitative estimate of drug-likeness (QED) is 0.353. The van der Waals surface area contributed by atoms with Crippen molar-refractivity contribution in [1.82, 2.24) is 14.9 Å². The van der Waals surface area contributed by atoms with Crippen molar-refractivity contribution in [3.8, 4) is 0 Å². The monoisotopic (exact) mass is 454 g/mol. The number of piperidine rings is 1. The predicted molar refractivity (Wildman–Crippen MR) is 115 cm³/mol. The number of alkyl halides is 4. The number of fused-ring (bicyclic) bond motifs is 1. The highest BCUT2D eigenvalue weighted by molar-refractivity contribution is 5.98. The summed E-state index contributed by atoms with van der Waals surface area (Å²) in [6.07, 6.45) is -2.65. The molecule has 174 valence electrons. The minimum Gasteiger partial charge on any atom is -0.403 e. The lowest BCUT2D eigenvalue weighted by molar-refractivity contribution is -0.141. The van der Waals surface area contributed by atoms with Crippen LogP contribution in [0.4, 0.5) is 23.4 Å². The number of hydrogen-bond acceptors (Lipinski definition) is 6. The Bertz CT molecular complexity index is 999. The average molecular weight is 454 g/mol. The Balaban J connectivity index is 1.68. The van der Waals surface area contributed by atoms with Crippen LogP contribution >= 0.6 is 0 Å². The number of amides is 1. The summed E-state index contributed by atoms with van der Waals surface area (Å²) in [6.45, 7) is -0.0440. The maximum Gasteiger partial charge on any atom is 0.390 e. The van der Waals surface area contributed by atoms with Crippen molar-refractivity contribution in [2.24, 2.45) is 11.6 Å². The first-order valence-electron chi connectivity index (χ1n) is 10.1. The van der Waals surface area contributed by atoms with E-state index in [-0.39, 0.29) is 38.3 Å². The number of rotatable bonds is 6. The zero-order valence-corrected chi connectivity index (χ0v) is 17.6. The first kappa shape index (κ1) is 23.7. The molecule has 11 heteroatoms. The molecule has 0 unspecified atom stereocenters. The molecule has 1 amide bonds. The van der Waals surface area contributed by atoms with E-state index < -0.39 is 24.2 Å². The van der Waals surface area contributed by atoms with Gasteiger partial charge in [-0.15, -0.1) is 0 Å². The van der Waals surface area contributed by atoms with Crippen molar-refractivity contribution in [2.75, 3.05) is 32.0 Å². The Morgan fingerprint density at radius 1 is 1.28 bits per heavy atom. The summed E-state index contributed by atoms with van der Waals surface area (Å²) in [4.78, 5) is 18.3. The van der Waals surface area contributed by atoms with Gasteiger partial charge in [0, 0.05) is 62.9 Å². The van der Waals surface area contributed by atoms with Crippen LogP contribution in [-0.4, -0.2) is 59.3 Å². The second-order valence-corrected chi connectivity index (χ2v) is 7.92. The highest BCUT2D eigenvalue weighted by Crippen LogP contribution is 2.30. The van der Waals surface area contributed by atoms with Crippen LogP contribution in [0.5, 0.6) is 0 Å².